The number of amides is 1. The lowest BCUT2D eigenvalue weighted by atomic mass is 9.98. The summed E-state index contributed by atoms with van der Waals surface area (Å²) in [5.41, 5.74) is 15.4. The lowest BCUT2D eigenvalue weighted by Gasteiger charge is -2.12. The van der Waals surface area contributed by atoms with Crippen LogP contribution in [0.5, 0.6) is 0 Å². The van der Waals surface area contributed by atoms with Crippen molar-refractivity contribution < 1.29 is 4.79 Å². The molecule has 0 radical (unpaired) electrons. The van der Waals surface area contributed by atoms with E-state index in [1.165, 1.54) is 0 Å². The maximum absolute atomic E-state index is 11.7. The number of nitrogens with two attached hydrogens (primary N) is 2. The summed E-state index contributed by atoms with van der Waals surface area (Å²) in [5.74, 6) is -0.672. The van der Waals surface area contributed by atoms with Crippen molar-refractivity contribution in [2.45, 2.75) is 0 Å². The summed E-state index contributed by atoms with van der Waals surface area (Å²) in [6, 6.07) is 9.22. The first kappa shape index (κ1) is 13.2. The van der Waals surface area contributed by atoms with Crippen molar-refractivity contribution in [2.24, 2.45) is 5.73 Å². The Labute approximate surface area is 130 Å². The molecular weight excluding hydrogens is 292 g/mol. The normalized spacial score (nSPS) is 11.1. The van der Waals surface area contributed by atoms with Gasteiger partial charge in [-0.05, 0) is 23.8 Å². The highest BCUT2D eigenvalue weighted by atomic mass is 16.1. The molecule has 1 aromatic carbocycles. The quantitative estimate of drug-likeness (QED) is 0.521. The Kier molecular flexibility index (Phi) is 2.74. The molecule has 0 aliphatic carbocycles. The summed E-state index contributed by atoms with van der Waals surface area (Å²) < 4.78 is 0. The van der Waals surface area contributed by atoms with Crippen molar-refractivity contribution in [3.05, 3.63) is 48.4 Å². The molecule has 0 fully saturated rings. The summed E-state index contributed by atoms with van der Waals surface area (Å²) in [7, 11) is 0. The molecule has 0 saturated heterocycles. The van der Waals surface area contributed by atoms with Gasteiger partial charge in [0.15, 0.2) is 5.69 Å². The van der Waals surface area contributed by atoms with Gasteiger partial charge in [-0.2, -0.15) is 5.10 Å². The highest BCUT2D eigenvalue weighted by Gasteiger charge is 2.20. The molecule has 0 unspecified atom stereocenters. The Bertz CT molecular complexity index is 1070. The number of H-pyrrole nitrogens is 1. The standard InChI is InChI=1S/C16H12N6O/c17-13-12(8-3-1-4-10-9(8)7-20-22-10)14-11(5-2-6-19-14)21-15(13)16(18)23/h1-7H,17H2,(H2,18,23)(H,20,22). The number of primary amides is 1. The average molecular weight is 304 g/mol. The molecule has 0 bridgehead atoms. The van der Waals surface area contributed by atoms with E-state index in [0.717, 1.165) is 16.5 Å². The predicted molar refractivity (Wildman–Crippen MR) is 87.6 cm³/mol. The highest BCUT2D eigenvalue weighted by molar-refractivity contribution is 6.11. The molecule has 0 aliphatic rings. The smallest absolute Gasteiger partial charge is 0.269 e. The van der Waals surface area contributed by atoms with Crippen molar-refractivity contribution in [3.63, 3.8) is 0 Å². The summed E-state index contributed by atoms with van der Waals surface area (Å²) in [5, 5.41) is 7.86. The van der Waals surface area contributed by atoms with E-state index in [0.29, 0.717) is 16.6 Å². The zero-order chi connectivity index (χ0) is 16.0. The van der Waals surface area contributed by atoms with Gasteiger partial charge in [0.2, 0.25) is 0 Å². The minimum Gasteiger partial charge on any atom is -0.396 e. The van der Waals surface area contributed by atoms with Crippen molar-refractivity contribution in [1.29, 1.82) is 0 Å². The van der Waals surface area contributed by atoms with Gasteiger partial charge in [-0.3, -0.25) is 14.9 Å². The van der Waals surface area contributed by atoms with E-state index in [-0.39, 0.29) is 11.4 Å². The molecule has 0 spiro atoms. The van der Waals surface area contributed by atoms with Crippen LogP contribution in [-0.2, 0) is 0 Å². The molecule has 3 aromatic heterocycles. The Morgan fingerprint density at radius 1 is 1.17 bits per heavy atom. The van der Waals surface area contributed by atoms with E-state index in [9.17, 15) is 4.79 Å². The number of fused-ring (bicyclic) bond motifs is 2. The first-order valence-electron chi connectivity index (χ1n) is 6.93. The van der Waals surface area contributed by atoms with Crippen LogP contribution in [0.4, 0.5) is 5.69 Å². The van der Waals surface area contributed by atoms with Crippen molar-refractivity contribution in [1.82, 2.24) is 20.2 Å². The number of nitrogens with one attached hydrogen (secondary N) is 1. The molecule has 0 atom stereocenters. The number of anilines is 1. The maximum atomic E-state index is 11.7. The molecule has 5 N–H and O–H groups in total. The number of nitrogens with zero attached hydrogens (tertiary/aromatic N) is 3. The Morgan fingerprint density at radius 2 is 2.04 bits per heavy atom. The van der Waals surface area contributed by atoms with Crippen LogP contribution in [0, 0.1) is 0 Å². The zero-order valence-electron chi connectivity index (χ0n) is 11.9. The third-order valence-electron chi connectivity index (χ3n) is 3.77. The summed E-state index contributed by atoms with van der Waals surface area (Å²) in [6.07, 6.45) is 3.37. The van der Waals surface area contributed by atoms with Gasteiger partial charge in [-0.25, -0.2) is 4.98 Å². The second kappa shape index (κ2) is 4.77. The molecule has 3 heterocycles. The second-order valence-corrected chi connectivity index (χ2v) is 5.12. The van der Waals surface area contributed by atoms with Crippen molar-refractivity contribution in [2.75, 3.05) is 5.73 Å². The van der Waals surface area contributed by atoms with Crippen LogP contribution in [0.2, 0.25) is 0 Å². The lowest BCUT2D eigenvalue weighted by molar-refractivity contribution is 0.0997. The monoisotopic (exact) mass is 304 g/mol. The van der Waals surface area contributed by atoms with E-state index in [2.05, 4.69) is 20.2 Å². The van der Waals surface area contributed by atoms with Crippen LogP contribution in [0.1, 0.15) is 10.5 Å². The minimum atomic E-state index is -0.672. The molecule has 4 rings (SSSR count). The molecule has 112 valence electrons. The molecule has 4 aromatic rings. The van der Waals surface area contributed by atoms with Gasteiger partial charge in [0.1, 0.15) is 0 Å². The number of hydrogen-bond acceptors (Lipinski definition) is 5. The summed E-state index contributed by atoms with van der Waals surface area (Å²) >= 11 is 0. The first-order chi connectivity index (χ1) is 11.2. The van der Waals surface area contributed by atoms with Gasteiger partial charge in [0, 0.05) is 17.1 Å². The van der Waals surface area contributed by atoms with Crippen LogP contribution < -0.4 is 11.5 Å². The molecule has 0 saturated carbocycles. The van der Waals surface area contributed by atoms with Gasteiger partial charge in [0.25, 0.3) is 5.91 Å². The van der Waals surface area contributed by atoms with Gasteiger partial charge in [0.05, 0.1) is 28.4 Å². The zero-order valence-corrected chi connectivity index (χ0v) is 11.9. The number of carbonyl (C=O) groups is 1. The third kappa shape index (κ3) is 1.90. The Hall–Kier alpha value is -3.48. The van der Waals surface area contributed by atoms with Crippen LogP contribution in [0.25, 0.3) is 33.1 Å². The Balaban J connectivity index is 2.20. The number of benzene rings is 1. The minimum absolute atomic E-state index is 0.0426. The van der Waals surface area contributed by atoms with Gasteiger partial charge < -0.3 is 11.5 Å². The lowest BCUT2D eigenvalue weighted by Crippen LogP contribution is -2.16. The third-order valence-corrected chi connectivity index (χ3v) is 3.77. The topological polar surface area (TPSA) is 124 Å². The molecule has 23 heavy (non-hydrogen) atoms. The van der Waals surface area contributed by atoms with Gasteiger partial charge in [-0.15, -0.1) is 0 Å². The number of aromatic nitrogens is 4. The summed E-state index contributed by atoms with van der Waals surface area (Å²) in [6.45, 7) is 0. The van der Waals surface area contributed by atoms with E-state index >= 15 is 0 Å². The van der Waals surface area contributed by atoms with Crippen LogP contribution in [0.3, 0.4) is 0 Å². The molecular formula is C16H12N6O. The molecule has 7 nitrogen and oxygen atoms in total. The Morgan fingerprint density at radius 3 is 2.87 bits per heavy atom. The van der Waals surface area contributed by atoms with E-state index in [1.807, 2.05) is 18.2 Å². The van der Waals surface area contributed by atoms with E-state index < -0.39 is 5.91 Å². The molecule has 0 aliphatic heterocycles. The van der Waals surface area contributed by atoms with Crippen LogP contribution >= 0.6 is 0 Å². The number of pyridine rings is 2. The number of rotatable bonds is 2. The first-order valence-corrected chi connectivity index (χ1v) is 6.93. The maximum Gasteiger partial charge on any atom is 0.269 e. The predicted octanol–water partition coefficient (Wildman–Crippen LogP) is 1.85. The highest BCUT2D eigenvalue weighted by Crippen LogP contribution is 2.37. The van der Waals surface area contributed by atoms with Crippen LogP contribution in [0.15, 0.2) is 42.7 Å². The van der Waals surface area contributed by atoms with E-state index in [1.54, 1.807) is 24.5 Å². The fraction of sp³-hybridized carbons (Fsp3) is 0. The fourth-order valence-electron chi connectivity index (χ4n) is 2.75. The molecule has 1 amide bonds. The average Bonchev–Trinajstić information content (AvgIpc) is 3.03. The summed E-state index contributed by atoms with van der Waals surface area (Å²) in [4.78, 5) is 20.3. The van der Waals surface area contributed by atoms with Crippen molar-refractivity contribution in [3.8, 4) is 11.1 Å². The second-order valence-electron chi connectivity index (χ2n) is 5.12. The van der Waals surface area contributed by atoms with Crippen LogP contribution in [-0.4, -0.2) is 26.1 Å². The van der Waals surface area contributed by atoms with Gasteiger partial charge >= 0.3 is 0 Å². The molecule has 7 heteroatoms. The fourth-order valence-corrected chi connectivity index (χ4v) is 2.75. The number of aromatic amines is 1. The van der Waals surface area contributed by atoms with Crippen molar-refractivity contribution >= 4 is 33.5 Å². The SMILES string of the molecule is NC(=O)c1nc2cccnc2c(-c2cccc3[nH]ncc23)c1N. The number of carbonyl (C=O) groups excluding carboxylic acids is 1. The number of nitrogen functional groups attached to an aromatic ring is 1. The van der Waals surface area contributed by atoms with Gasteiger partial charge in [-0.1, -0.05) is 12.1 Å². The largest absolute Gasteiger partial charge is 0.396 e. The number of hydrogen-bond donors (Lipinski definition) is 3. The van der Waals surface area contributed by atoms with E-state index in [4.69, 9.17) is 11.5 Å².